The highest BCUT2D eigenvalue weighted by molar-refractivity contribution is 6.42. The van der Waals surface area contributed by atoms with Gasteiger partial charge in [-0.3, -0.25) is 0 Å². The van der Waals surface area contributed by atoms with E-state index >= 15 is 0 Å². The number of pyridine rings is 1. The molecule has 0 aliphatic carbocycles. The molecule has 21 heavy (non-hydrogen) atoms. The molecule has 5 nitrogen and oxygen atoms in total. The zero-order valence-electron chi connectivity index (χ0n) is 11.1. The molecule has 0 spiro atoms. The van der Waals surface area contributed by atoms with Gasteiger partial charge in [-0.25, -0.2) is 9.78 Å². The Morgan fingerprint density at radius 3 is 2.67 bits per heavy atom. The molecule has 0 saturated heterocycles. The van der Waals surface area contributed by atoms with E-state index in [1.54, 1.807) is 24.4 Å². The smallest absolute Gasteiger partial charge is 0.319 e. The number of benzene rings is 1. The van der Waals surface area contributed by atoms with Crippen molar-refractivity contribution >= 4 is 40.7 Å². The lowest BCUT2D eigenvalue weighted by molar-refractivity contribution is 0.252. The van der Waals surface area contributed by atoms with Gasteiger partial charge in [0.15, 0.2) is 0 Å². The summed E-state index contributed by atoms with van der Waals surface area (Å²) in [7, 11) is 0. The summed E-state index contributed by atoms with van der Waals surface area (Å²) in [5.74, 6) is 0.768. The molecule has 0 aliphatic heterocycles. The second kappa shape index (κ2) is 7.71. The summed E-state index contributed by atoms with van der Waals surface area (Å²) in [6.45, 7) is 1.04. The normalized spacial score (nSPS) is 10.0. The van der Waals surface area contributed by atoms with Crippen LogP contribution in [0.15, 0.2) is 42.6 Å². The molecule has 7 heteroatoms. The molecule has 0 aliphatic rings. The average Bonchev–Trinajstić information content (AvgIpc) is 2.49. The Balaban J connectivity index is 1.71. The van der Waals surface area contributed by atoms with Crippen LogP contribution in [0.2, 0.25) is 10.0 Å². The molecule has 0 fully saturated rings. The second-order valence-electron chi connectivity index (χ2n) is 4.15. The van der Waals surface area contributed by atoms with Crippen molar-refractivity contribution in [2.75, 3.05) is 23.7 Å². The van der Waals surface area contributed by atoms with Crippen LogP contribution in [-0.2, 0) is 0 Å². The largest absolute Gasteiger partial charge is 0.368 e. The Morgan fingerprint density at radius 1 is 1.10 bits per heavy atom. The van der Waals surface area contributed by atoms with Gasteiger partial charge in [-0.05, 0) is 30.3 Å². The molecule has 0 saturated carbocycles. The van der Waals surface area contributed by atoms with Gasteiger partial charge in [-0.2, -0.15) is 0 Å². The Morgan fingerprint density at radius 2 is 1.95 bits per heavy atom. The van der Waals surface area contributed by atoms with Crippen LogP contribution in [0.4, 0.5) is 16.3 Å². The van der Waals surface area contributed by atoms with Crippen LogP contribution in [0.25, 0.3) is 0 Å². The first kappa shape index (κ1) is 15.4. The van der Waals surface area contributed by atoms with Gasteiger partial charge in [0.1, 0.15) is 5.82 Å². The molecule has 110 valence electrons. The van der Waals surface area contributed by atoms with Crippen molar-refractivity contribution in [2.45, 2.75) is 0 Å². The third-order valence-corrected chi connectivity index (χ3v) is 3.30. The van der Waals surface area contributed by atoms with Gasteiger partial charge in [0.05, 0.1) is 10.0 Å². The Kier molecular flexibility index (Phi) is 5.66. The molecule has 1 aromatic heterocycles. The maximum atomic E-state index is 11.7. The average molecular weight is 325 g/mol. The Labute approximate surface area is 132 Å². The van der Waals surface area contributed by atoms with E-state index in [1.165, 1.54) is 0 Å². The number of urea groups is 1. The SMILES string of the molecule is O=C(NCCNc1ccccn1)Nc1ccc(Cl)c(Cl)c1. The molecule has 0 atom stereocenters. The predicted octanol–water partition coefficient (Wildman–Crippen LogP) is 3.62. The van der Waals surface area contributed by atoms with Crippen LogP contribution >= 0.6 is 23.2 Å². The Hall–Kier alpha value is -1.98. The number of rotatable bonds is 5. The molecule has 2 amide bonds. The van der Waals surface area contributed by atoms with Gasteiger partial charge in [0.2, 0.25) is 0 Å². The number of anilines is 2. The Bertz CT molecular complexity index is 607. The highest BCUT2D eigenvalue weighted by Crippen LogP contribution is 2.24. The number of carbonyl (C=O) groups excluding carboxylic acids is 1. The number of aromatic nitrogens is 1. The summed E-state index contributed by atoms with van der Waals surface area (Å²) in [6, 6.07) is 10.2. The zero-order chi connectivity index (χ0) is 15.1. The second-order valence-corrected chi connectivity index (χ2v) is 4.97. The molecule has 1 heterocycles. The standard InChI is InChI=1S/C14H14Cl2N4O/c15-11-5-4-10(9-12(11)16)20-14(21)19-8-7-18-13-3-1-2-6-17-13/h1-6,9H,7-8H2,(H,17,18)(H2,19,20,21). The lowest BCUT2D eigenvalue weighted by Gasteiger charge is -2.09. The molecule has 0 bridgehead atoms. The maximum Gasteiger partial charge on any atom is 0.319 e. The van der Waals surface area contributed by atoms with Crippen LogP contribution in [0.5, 0.6) is 0 Å². The summed E-state index contributed by atoms with van der Waals surface area (Å²) < 4.78 is 0. The third-order valence-electron chi connectivity index (χ3n) is 2.56. The molecule has 0 radical (unpaired) electrons. The van der Waals surface area contributed by atoms with Crippen LogP contribution in [0.1, 0.15) is 0 Å². The fourth-order valence-electron chi connectivity index (χ4n) is 1.58. The van der Waals surface area contributed by atoms with Crippen molar-refractivity contribution in [3.63, 3.8) is 0 Å². The van der Waals surface area contributed by atoms with Gasteiger partial charge in [-0.15, -0.1) is 0 Å². The maximum absolute atomic E-state index is 11.7. The molecule has 2 aromatic rings. The lowest BCUT2D eigenvalue weighted by atomic mass is 10.3. The highest BCUT2D eigenvalue weighted by Gasteiger charge is 2.03. The fourth-order valence-corrected chi connectivity index (χ4v) is 1.88. The van der Waals surface area contributed by atoms with Gasteiger partial charge in [0.25, 0.3) is 0 Å². The molecular formula is C14H14Cl2N4O. The molecule has 3 N–H and O–H groups in total. The van der Waals surface area contributed by atoms with Crippen molar-refractivity contribution in [3.05, 3.63) is 52.6 Å². The van der Waals surface area contributed by atoms with E-state index in [4.69, 9.17) is 23.2 Å². The van der Waals surface area contributed by atoms with Gasteiger partial charge in [0, 0.05) is 25.0 Å². The van der Waals surface area contributed by atoms with Crippen molar-refractivity contribution in [2.24, 2.45) is 0 Å². The van der Waals surface area contributed by atoms with E-state index in [0.29, 0.717) is 28.8 Å². The van der Waals surface area contributed by atoms with Crippen LogP contribution in [-0.4, -0.2) is 24.1 Å². The van der Waals surface area contributed by atoms with Crippen LogP contribution < -0.4 is 16.0 Å². The van der Waals surface area contributed by atoms with Gasteiger partial charge < -0.3 is 16.0 Å². The number of amides is 2. The highest BCUT2D eigenvalue weighted by atomic mass is 35.5. The summed E-state index contributed by atoms with van der Waals surface area (Å²) in [6.07, 6.45) is 1.70. The molecule has 0 unspecified atom stereocenters. The number of halogens is 2. The summed E-state index contributed by atoms with van der Waals surface area (Å²) in [5.41, 5.74) is 0.583. The summed E-state index contributed by atoms with van der Waals surface area (Å²) in [4.78, 5) is 15.8. The quantitative estimate of drug-likeness (QED) is 0.736. The zero-order valence-corrected chi connectivity index (χ0v) is 12.6. The first-order valence-electron chi connectivity index (χ1n) is 6.30. The van der Waals surface area contributed by atoms with E-state index < -0.39 is 0 Å². The minimum Gasteiger partial charge on any atom is -0.368 e. The lowest BCUT2D eigenvalue weighted by Crippen LogP contribution is -2.32. The summed E-state index contributed by atoms with van der Waals surface area (Å²) in [5, 5.41) is 9.32. The van der Waals surface area contributed by atoms with E-state index in [1.807, 2.05) is 18.2 Å². The summed E-state index contributed by atoms with van der Waals surface area (Å²) >= 11 is 11.7. The monoisotopic (exact) mass is 324 g/mol. The van der Waals surface area contributed by atoms with Crippen molar-refractivity contribution in [1.82, 2.24) is 10.3 Å². The first-order chi connectivity index (χ1) is 10.1. The number of nitrogens with zero attached hydrogens (tertiary/aromatic N) is 1. The van der Waals surface area contributed by atoms with Crippen molar-refractivity contribution in [1.29, 1.82) is 0 Å². The van der Waals surface area contributed by atoms with E-state index in [2.05, 4.69) is 20.9 Å². The van der Waals surface area contributed by atoms with Crippen molar-refractivity contribution < 1.29 is 4.79 Å². The van der Waals surface area contributed by atoms with Crippen molar-refractivity contribution in [3.8, 4) is 0 Å². The predicted molar refractivity (Wildman–Crippen MR) is 86.2 cm³/mol. The number of hydrogen-bond acceptors (Lipinski definition) is 3. The van der Waals surface area contributed by atoms with E-state index in [9.17, 15) is 4.79 Å². The molecule has 2 rings (SSSR count). The molecule has 1 aromatic carbocycles. The first-order valence-corrected chi connectivity index (χ1v) is 7.05. The molecular weight excluding hydrogens is 311 g/mol. The minimum absolute atomic E-state index is 0.309. The van der Waals surface area contributed by atoms with Gasteiger partial charge in [-0.1, -0.05) is 29.3 Å². The van der Waals surface area contributed by atoms with E-state index in [-0.39, 0.29) is 6.03 Å². The van der Waals surface area contributed by atoms with E-state index in [0.717, 1.165) is 5.82 Å². The number of nitrogens with one attached hydrogen (secondary N) is 3. The topological polar surface area (TPSA) is 66.0 Å². The fraction of sp³-hybridized carbons (Fsp3) is 0.143. The van der Waals surface area contributed by atoms with Crippen LogP contribution in [0.3, 0.4) is 0 Å². The number of carbonyl (C=O) groups is 1. The third kappa shape index (κ3) is 5.13. The number of hydrogen-bond donors (Lipinski definition) is 3. The van der Waals surface area contributed by atoms with Crippen LogP contribution in [0, 0.1) is 0 Å². The minimum atomic E-state index is -0.309. The van der Waals surface area contributed by atoms with Gasteiger partial charge >= 0.3 is 6.03 Å².